The van der Waals surface area contributed by atoms with Crippen LogP contribution in [0.2, 0.25) is 0 Å². The van der Waals surface area contributed by atoms with E-state index in [-0.39, 0.29) is 11.9 Å². The third kappa shape index (κ3) is 2.75. The first-order valence-electron chi connectivity index (χ1n) is 7.05. The summed E-state index contributed by atoms with van der Waals surface area (Å²) in [6, 6.07) is 2.06. The number of carbonyl (C=O) groups excluding carboxylic acids is 1. The highest BCUT2D eigenvalue weighted by molar-refractivity contribution is 5.85. The topological polar surface area (TPSA) is 73.6 Å². The Balaban J connectivity index is 2.10. The van der Waals surface area contributed by atoms with Crippen molar-refractivity contribution in [1.29, 1.82) is 5.26 Å². The molecule has 106 valence electrons. The lowest BCUT2D eigenvalue weighted by Crippen LogP contribution is -2.52. The van der Waals surface area contributed by atoms with E-state index in [1.54, 1.807) is 11.9 Å². The molecule has 0 spiro atoms. The van der Waals surface area contributed by atoms with E-state index in [9.17, 15) is 15.2 Å². The van der Waals surface area contributed by atoms with Gasteiger partial charge in [-0.1, -0.05) is 12.8 Å². The molecule has 0 aromatic heterocycles. The second-order valence-electron chi connectivity index (χ2n) is 5.64. The highest BCUT2D eigenvalue weighted by Crippen LogP contribution is 2.34. The van der Waals surface area contributed by atoms with E-state index in [0.29, 0.717) is 26.1 Å². The lowest BCUT2D eigenvalue weighted by molar-refractivity contribution is -0.147. The second kappa shape index (κ2) is 5.89. The number of likely N-dealkylation sites (N-methyl/N-ethyl adjacent to an activating group) is 1. The van der Waals surface area contributed by atoms with Gasteiger partial charge in [0.2, 0.25) is 5.91 Å². The van der Waals surface area contributed by atoms with E-state index in [1.165, 1.54) is 0 Å². The summed E-state index contributed by atoms with van der Waals surface area (Å²) >= 11 is 0. The normalized spacial score (nSPS) is 30.4. The van der Waals surface area contributed by atoms with Crippen LogP contribution in [0.5, 0.6) is 0 Å². The number of ether oxygens (including phenoxy) is 1. The summed E-state index contributed by atoms with van der Waals surface area (Å²) in [6.07, 6.45) is 4.05. The van der Waals surface area contributed by atoms with Crippen LogP contribution in [0, 0.1) is 16.7 Å². The maximum Gasteiger partial charge on any atom is 0.243 e. The van der Waals surface area contributed by atoms with Crippen molar-refractivity contribution < 1.29 is 14.6 Å². The molecule has 1 saturated heterocycles. The van der Waals surface area contributed by atoms with Crippen LogP contribution in [0.4, 0.5) is 0 Å². The molecule has 2 fully saturated rings. The molecule has 5 nitrogen and oxygen atoms in total. The molecule has 19 heavy (non-hydrogen) atoms. The predicted octanol–water partition coefficient (Wildman–Crippen LogP) is 1.07. The van der Waals surface area contributed by atoms with Crippen LogP contribution in [-0.2, 0) is 9.53 Å². The van der Waals surface area contributed by atoms with Gasteiger partial charge >= 0.3 is 0 Å². The molecule has 1 aliphatic carbocycles. The van der Waals surface area contributed by atoms with Gasteiger partial charge in [-0.2, -0.15) is 5.26 Å². The Labute approximate surface area is 114 Å². The molecule has 0 aromatic carbocycles. The Morgan fingerprint density at radius 3 is 2.58 bits per heavy atom. The van der Waals surface area contributed by atoms with Crippen LogP contribution < -0.4 is 0 Å². The van der Waals surface area contributed by atoms with Crippen molar-refractivity contribution in [2.24, 2.45) is 5.41 Å². The minimum Gasteiger partial charge on any atom is -0.391 e. The lowest BCUT2D eigenvalue weighted by atomic mass is 9.79. The molecule has 2 unspecified atom stereocenters. The van der Waals surface area contributed by atoms with Crippen molar-refractivity contribution in [3.8, 4) is 6.07 Å². The van der Waals surface area contributed by atoms with Crippen LogP contribution in [0.1, 0.15) is 38.5 Å². The molecule has 1 N–H and O–H groups in total. The third-order valence-electron chi connectivity index (χ3n) is 4.48. The van der Waals surface area contributed by atoms with E-state index in [2.05, 4.69) is 6.07 Å². The summed E-state index contributed by atoms with van der Waals surface area (Å²) in [7, 11) is 1.72. The van der Waals surface area contributed by atoms with Gasteiger partial charge in [0.25, 0.3) is 0 Å². The summed E-state index contributed by atoms with van der Waals surface area (Å²) in [4.78, 5) is 14.2. The number of carbonyl (C=O) groups is 1. The van der Waals surface area contributed by atoms with Crippen LogP contribution in [0.15, 0.2) is 0 Å². The molecule has 1 amide bonds. The Bertz CT molecular complexity index is 371. The second-order valence-corrected chi connectivity index (χ2v) is 5.64. The minimum atomic E-state index is -0.954. The maximum atomic E-state index is 12.6. The van der Waals surface area contributed by atoms with E-state index in [1.807, 2.05) is 0 Å². The monoisotopic (exact) mass is 266 g/mol. The predicted molar refractivity (Wildman–Crippen MR) is 69.1 cm³/mol. The van der Waals surface area contributed by atoms with Crippen molar-refractivity contribution in [2.45, 2.75) is 50.7 Å². The average Bonchev–Trinajstić information content (AvgIpc) is 2.47. The van der Waals surface area contributed by atoms with Crippen molar-refractivity contribution in [3.05, 3.63) is 0 Å². The fourth-order valence-electron chi connectivity index (χ4n) is 3.13. The lowest BCUT2D eigenvalue weighted by Gasteiger charge is -2.40. The summed E-state index contributed by atoms with van der Waals surface area (Å²) in [5.41, 5.74) is -0.954. The van der Waals surface area contributed by atoms with E-state index in [0.717, 1.165) is 25.7 Å². The molecule has 0 aromatic rings. The number of aliphatic hydroxyl groups excluding tert-OH is 1. The molecule has 2 atom stereocenters. The molecular weight excluding hydrogens is 244 g/mol. The van der Waals surface area contributed by atoms with E-state index in [4.69, 9.17) is 4.74 Å². The molecule has 1 heterocycles. The first-order valence-corrected chi connectivity index (χ1v) is 7.05. The van der Waals surface area contributed by atoms with Crippen LogP contribution in [-0.4, -0.2) is 48.3 Å². The van der Waals surface area contributed by atoms with Crippen molar-refractivity contribution in [3.63, 3.8) is 0 Å². The summed E-state index contributed by atoms with van der Waals surface area (Å²) < 4.78 is 5.25. The highest BCUT2D eigenvalue weighted by Gasteiger charge is 2.44. The van der Waals surface area contributed by atoms with Gasteiger partial charge in [-0.15, -0.1) is 0 Å². The smallest absolute Gasteiger partial charge is 0.243 e. The molecule has 2 aliphatic rings. The third-order valence-corrected chi connectivity index (χ3v) is 4.48. The Morgan fingerprint density at radius 1 is 1.37 bits per heavy atom. The molecule has 5 heteroatoms. The number of hydrogen-bond donors (Lipinski definition) is 1. The first-order chi connectivity index (χ1) is 9.10. The van der Waals surface area contributed by atoms with Crippen LogP contribution >= 0.6 is 0 Å². The van der Waals surface area contributed by atoms with Gasteiger partial charge in [-0.3, -0.25) is 4.79 Å². The maximum absolute atomic E-state index is 12.6. The largest absolute Gasteiger partial charge is 0.391 e. The zero-order chi connectivity index (χ0) is 13.9. The Hall–Kier alpha value is -1.12. The minimum absolute atomic E-state index is 0.144. The van der Waals surface area contributed by atoms with Gasteiger partial charge in [0.1, 0.15) is 5.41 Å². The number of rotatable bonds is 2. The van der Waals surface area contributed by atoms with Crippen LogP contribution in [0.3, 0.4) is 0 Å². The fourth-order valence-corrected chi connectivity index (χ4v) is 3.13. The summed E-state index contributed by atoms with van der Waals surface area (Å²) in [5, 5.41) is 19.5. The van der Waals surface area contributed by atoms with E-state index >= 15 is 0 Å². The van der Waals surface area contributed by atoms with E-state index < -0.39 is 11.5 Å². The van der Waals surface area contributed by atoms with Gasteiger partial charge in [0, 0.05) is 20.3 Å². The van der Waals surface area contributed by atoms with Gasteiger partial charge in [-0.05, 0) is 25.7 Å². The fraction of sp³-hybridized carbons (Fsp3) is 0.857. The molecular formula is C14H22N2O3. The molecule has 1 aliphatic heterocycles. The molecule has 0 radical (unpaired) electrons. The number of hydrogen-bond acceptors (Lipinski definition) is 4. The summed E-state index contributed by atoms with van der Waals surface area (Å²) in [5.74, 6) is -0.149. The standard InChI is InChI=1S/C14H22N2O3/c1-16(11-4-2-3-5-12(11)17)13(18)14(10-15)6-8-19-9-7-14/h11-12,17H,2-9H2,1H3. The zero-order valence-electron chi connectivity index (χ0n) is 11.5. The van der Waals surface area contributed by atoms with Gasteiger partial charge in [0.15, 0.2) is 0 Å². The molecule has 1 saturated carbocycles. The van der Waals surface area contributed by atoms with Gasteiger partial charge in [0.05, 0.1) is 18.2 Å². The molecule has 2 rings (SSSR count). The number of nitriles is 1. The quantitative estimate of drug-likeness (QED) is 0.811. The highest BCUT2D eigenvalue weighted by atomic mass is 16.5. The number of amides is 1. The van der Waals surface area contributed by atoms with Crippen molar-refractivity contribution in [1.82, 2.24) is 4.90 Å². The average molecular weight is 266 g/mol. The number of aliphatic hydroxyl groups is 1. The Morgan fingerprint density at radius 2 is 2.00 bits per heavy atom. The van der Waals surface area contributed by atoms with Gasteiger partial charge < -0.3 is 14.7 Å². The first kappa shape index (κ1) is 14.3. The molecule has 0 bridgehead atoms. The zero-order valence-corrected chi connectivity index (χ0v) is 11.5. The Kier molecular flexibility index (Phi) is 4.43. The van der Waals surface area contributed by atoms with Crippen molar-refractivity contribution >= 4 is 5.91 Å². The van der Waals surface area contributed by atoms with Gasteiger partial charge in [-0.25, -0.2) is 0 Å². The SMILES string of the molecule is CN(C(=O)C1(C#N)CCOCC1)C1CCCCC1O. The van der Waals surface area contributed by atoms with Crippen LogP contribution in [0.25, 0.3) is 0 Å². The summed E-state index contributed by atoms with van der Waals surface area (Å²) in [6.45, 7) is 0.917. The number of nitrogens with zero attached hydrogens (tertiary/aromatic N) is 2. The van der Waals surface area contributed by atoms with Crippen molar-refractivity contribution in [2.75, 3.05) is 20.3 Å².